The number of hydrogen-bond acceptors (Lipinski definition) is 2. The van der Waals surface area contributed by atoms with E-state index in [1.165, 1.54) is 37.2 Å². The van der Waals surface area contributed by atoms with Crippen molar-refractivity contribution in [1.82, 2.24) is 4.98 Å². The van der Waals surface area contributed by atoms with E-state index in [-0.39, 0.29) is 0 Å². The molecule has 2 nitrogen and oxygen atoms in total. The molecule has 0 unspecified atom stereocenters. The molecule has 0 spiro atoms. The lowest BCUT2D eigenvalue weighted by Crippen LogP contribution is -2.31. The molecule has 0 fully saturated rings. The second-order valence-corrected chi connectivity index (χ2v) is 6.85. The van der Waals surface area contributed by atoms with Gasteiger partial charge in [-0.2, -0.15) is 0 Å². The van der Waals surface area contributed by atoms with Crippen LogP contribution in [0, 0.1) is 13.8 Å². The van der Waals surface area contributed by atoms with Crippen LogP contribution >= 0.6 is 11.3 Å². The monoisotopic (exact) mass is 305 g/mol. The van der Waals surface area contributed by atoms with Crippen molar-refractivity contribution < 1.29 is 4.57 Å². The number of hydrogen-bond donors (Lipinski definition) is 0. The first kappa shape index (κ1) is 13.4. The van der Waals surface area contributed by atoms with Crippen molar-refractivity contribution in [3.63, 3.8) is 0 Å². The molecule has 0 radical (unpaired) electrons. The molecule has 108 valence electrons. The van der Waals surface area contributed by atoms with Crippen molar-refractivity contribution in [2.75, 3.05) is 0 Å². The Bertz CT molecular complexity index is 1010. The molecule has 0 bridgehead atoms. The van der Waals surface area contributed by atoms with E-state index in [1.807, 2.05) is 17.7 Å². The van der Waals surface area contributed by atoms with Crippen molar-refractivity contribution >= 4 is 31.6 Å². The summed E-state index contributed by atoms with van der Waals surface area (Å²) in [5, 5.41) is 1.25. The quantitative estimate of drug-likeness (QED) is 0.471. The van der Waals surface area contributed by atoms with Crippen LogP contribution in [0.4, 0.5) is 0 Å². The maximum absolute atomic E-state index is 4.68. The highest BCUT2D eigenvalue weighted by Crippen LogP contribution is 2.37. The van der Waals surface area contributed by atoms with E-state index in [4.69, 9.17) is 0 Å². The summed E-state index contributed by atoms with van der Waals surface area (Å²) in [7, 11) is 2.08. The summed E-state index contributed by atoms with van der Waals surface area (Å²) in [6, 6.07) is 15.2. The van der Waals surface area contributed by atoms with Gasteiger partial charge in [-0.1, -0.05) is 29.8 Å². The first-order valence-electron chi connectivity index (χ1n) is 7.38. The third-order valence-electron chi connectivity index (χ3n) is 4.15. The molecule has 0 aliphatic carbocycles. The minimum absolute atomic E-state index is 1.11. The zero-order valence-corrected chi connectivity index (χ0v) is 13.7. The van der Waals surface area contributed by atoms with E-state index in [1.54, 1.807) is 0 Å². The Morgan fingerprint density at radius 1 is 1.05 bits per heavy atom. The van der Waals surface area contributed by atoms with Crippen LogP contribution < -0.4 is 4.57 Å². The van der Waals surface area contributed by atoms with Gasteiger partial charge in [-0.3, -0.25) is 0 Å². The highest BCUT2D eigenvalue weighted by Gasteiger charge is 2.20. The van der Waals surface area contributed by atoms with Gasteiger partial charge in [-0.05, 0) is 42.6 Å². The molecule has 0 amide bonds. The number of nitrogens with zero attached hydrogens (tertiary/aromatic N) is 2. The maximum atomic E-state index is 4.68. The lowest BCUT2D eigenvalue weighted by Gasteiger charge is -2.08. The SMILES string of the molecule is Cc1ccc(C)c(-c2c3sc4ccccc4c3nc[n+]2C)c1. The van der Waals surface area contributed by atoms with E-state index in [9.17, 15) is 0 Å². The summed E-state index contributed by atoms with van der Waals surface area (Å²) in [4.78, 5) is 4.68. The van der Waals surface area contributed by atoms with Gasteiger partial charge in [0.15, 0.2) is 5.69 Å². The van der Waals surface area contributed by atoms with Crippen LogP contribution in [-0.4, -0.2) is 4.98 Å². The summed E-state index contributed by atoms with van der Waals surface area (Å²) < 4.78 is 4.70. The van der Waals surface area contributed by atoms with Gasteiger partial charge in [0.25, 0.3) is 6.33 Å². The molecule has 0 saturated heterocycles. The lowest BCUT2D eigenvalue weighted by molar-refractivity contribution is -0.662. The molecule has 0 atom stereocenters. The minimum atomic E-state index is 1.11. The van der Waals surface area contributed by atoms with Crippen LogP contribution in [0.3, 0.4) is 0 Å². The van der Waals surface area contributed by atoms with Gasteiger partial charge in [-0.25, -0.2) is 4.57 Å². The molecule has 0 aliphatic rings. The molecule has 2 aromatic heterocycles. The van der Waals surface area contributed by atoms with Crippen LogP contribution in [0.15, 0.2) is 48.8 Å². The van der Waals surface area contributed by atoms with Crippen molar-refractivity contribution in [3.8, 4) is 11.3 Å². The molecule has 4 aromatic rings. The zero-order valence-electron chi connectivity index (χ0n) is 12.9. The highest BCUT2D eigenvalue weighted by molar-refractivity contribution is 7.26. The van der Waals surface area contributed by atoms with Gasteiger partial charge in [0.1, 0.15) is 4.70 Å². The number of aryl methyl sites for hydroxylation is 3. The van der Waals surface area contributed by atoms with E-state index < -0.39 is 0 Å². The molecule has 3 heteroatoms. The van der Waals surface area contributed by atoms with Crippen LogP contribution in [0.5, 0.6) is 0 Å². The summed E-state index contributed by atoms with van der Waals surface area (Å²) in [6.45, 7) is 4.32. The third-order valence-corrected chi connectivity index (χ3v) is 5.31. The normalized spacial score (nSPS) is 11.4. The Morgan fingerprint density at radius 3 is 2.73 bits per heavy atom. The Kier molecular flexibility index (Phi) is 2.98. The Balaban J connectivity index is 2.17. The lowest BCUT2D eigenvalue weighted by atomic mass is 10.0. The van der Waals surface area contributed by atoms with Gasteiger partial charge in [0.2, 0.25) is 5.52 Å². The molecule has 0 aliphatic heterocycles. The summed E-state index contributed by atoms with van der Waals surface area (Å²) in [5.74, 6) is 0. The first-order chi connectivity index (χ1) is 10.6. The number of fused-ring (bicyclic) bond motifs is 3. The number of aromatic nitrogens is 2. The topological polar surface area (TPSA) is 16.8 Å². The summed E-state index contributed by atoms with van der Waals surface area (Å²) in [6.07, 6.45) is 1.93. The van der Waals surface area contributed by atoms with E-state index in [2.05, 4.69) is 72.9 Å². The van der Waals surface area contributed by atoms with Crippen LogP contribution in [0.2, 0.25) is 0 Å². The Morgan fingerprint density at radius 2 is 1.86 bits per heavy atom. The van der Waals surface area contributed by atoms with Crippen molar-refractivity contribution in [2.45, 2.75) is 13.8 Å². The molecule has 2 aromatic carbocycles. The van der Waals surface area contributed by atoms with Gasteiger partial charge in [0.05, 0.1) is 7.05 Å². The highest BCUT2D eigenvalue weighted by atomic mass is 32.1. The average Bonchev–Trinajstić information content (AvgIpc) is 2.88. The van der Waals surface area contributed by atoms with Crippen molar-refractivity contribution in [3.05, 3.63) is 59.9 Å². The fourth-order valence-corrected chi connectivity index (χ4v) is 4.24. The predicted octanol–water partition coefficient (Wildman–Crippen LogP) is 4.56. The molecule has 0 N–H and O–H groups in total. The predicted molar refractivity (Wildman–Crippen MR) is 93.2 cm³/mol. The number of thiophene rings is 1. The van der Waals surface area contributed by atoms with E-state index >= 15 is 0 Å². The molecule has 2 heterocycles. The largest absolute Gasteiger partial charge is 0.287 e. The van der Waals surface area contributed by atoms with Gasteiger partial charge in [0, 0.05) is 15.6 Å². The van der Waals surface area contributed by atoms with Crippen LogP contribution in [0.25, 0.3) is 31.6 Å². The Hall–Kier alpha value is -2.26. The van der Waals surface area contributed by atoms with Gasteiger partial charge in [-0.15, -0.1) is 11.3 Å². The zero-order chi connectivity index (χ0) is 15.3. The maximum Gasteiger partial charge on any atom is 0.287 e. The Labute approximate surface area is 133 Å². The fraction of sp³-hybridized carbons (Fsp3) is 0.158. The fourth-order valence-electron chi connectivity index (χ4n) is 2.99. The summed E-state index contributed by atoms with van der Waals surface area (Å²) >= 11 is 1.83. The smallest absolute Gasteiger partial charge is 0.231 e. The van der Waals surface area contributed by atoms with Gasteiger partial charge >= 0.3 is 0 Å². The molecular formula is C19H17N2S+. The molecule has 22 heavy (non-hydrogen) atoms. The van der Waals surface area contributed by atoms with Crippen LogP contribution in [0.1, 0.15) is 11.1 Å². The number of benzene rings is 2. The van der Waals surface area contributed by atoms with E-state index in [0.29, 0.717) is 0 Å². The minimum Gasteiger partial charge on any atom is -0.231 e. The average molecular weight is 305 g/mol. The second kappa shape index (κ2) is 4.89. The third kappa shape index (κ3) is 1.93. The second-order valence-electron chi connectivity index (χ2n) is 5.80. The standard InChI is InChI=1S/C19H17N2S/c1-12-8-9-13(2)15(10-12)18-19-17(20-11-21(18)3)14-6-4-5-7-16(14)22-19/h4-11H,1-3H3/q+1. The molecule has 0 saturated carbocycles. The first-order valence-corrected chi connectivity index (χ1v) is 8.20. The van der Waals surface area contributed by atoms with Crippen LogP contribution in [-0.2, 0) is 7.05 Å². The van der Waals surface area contributed by atoms with E-state index in [0.717, 1.165) is 5.52 Å². The number of rotatable bonds is 1. The van der Waals surface area contributed by atoms with Crippen molar-refractivity contribution in [1.29, 1.82) is 0 Å². The summed E-state index contributed by atoms with van der Waals surface area (Å²) in [5.41, 5.74) is 6.24. The van der Waals surface area contributed by atoms with Crippen molar-refractivity contribution in [2.24, 2.45) is 7.05 Å². The van der Waals surface area contributed by atoms with Gasteiger partial charge < -0.3 is 0 Å². The molecular weight excluding hydrogens is 288 g/mol. The molecule has 4 rings (SSSR count).